The molecule has 0 fully saturated rings. The van der Waals surface area contributed by atoms with Crippen LogP contribution in [-0.2, 0) is 6.42 Å². The summed E-state index contributed by atoms with van der Waals surface area (Å²) in [7, 11) is 0. The summed E-state index contributed by atoms with van der Waals surface area (Å²) in [4.78, 5) is 14.6. The fraction of sp³-hybridized carbons (Fsp3) is 0.190. The zero-order valence-electron chi connectivity index (χ0n) is 16.3. The van der Waals surface area contributed by atoms with Gasteiger partial charge in [0.25, 0.3) is 0 Å². The molecule has 9 heteroatoms. The summed E-state index contributed by atoms with van der Waals surface area (Å²) in [6, 6.07) is 8.22. The SMILES string of the molecule is Cc1nc(C)c(-c2csc(Nc3ccc(CCOc4ccc(Cl)cc4F)cn3)n2)s1. The summed E-state index contributed by atoms with van der Waals surface area (Å²) >= 11 is 8.92. The van der Waals surface area contributed by atoms with Crippen LogP contribution in [0.5, 0.6) is 5.75 Å². The molecule has 0 radical (unpaired) electrons. The van der Waals surface area contributed by atoms with Crippen molar-refractivity contribution in [3.8, 4) is 16.3 Å². The summed E-state index contributed by atoms with van der Waals surface area (Å²) in [5.74, 6) is 0.435. The fourth-order valence-electron chi connectivity index (χ4n) is 2.83. The summed E-state index contributed by atoms with van der Waals surface area (Å²) < 4.78 is 19.2. The molecule has 1 N–H and O–H groups in total. The molecule has 0 saturated carbocycles. The van der Waals surface area contributed by atoms with Crippen molar-refractivity contribution in [2.24, 2.45) is 0 Å². The van der Waals surface area contributed by atoms with Crippen LogP contribution in [0.4, 0.5) is 15.3 Å². The van der Waals surface area contributed by atoms with E-state index in [0.29, 0.717) is 23.9 Å². The Balaban J connectivity index is 1.33. The van der Waals surface area contributed by atoms with Crippen LogP contribution < -0.4 is 10.1 Å². The fourth-order valence-corrected chi connectivity index (χ4v) is 4.65. The van der Waals surface area contributed by atoms with Gasteiger partial charge in [-0.2, -0.15) is 0 Å². The van der Waals surface area contributed by atoms with E-state index in [9.17, 15) is 4.39 Å². The molecule has 4 aromatic rings. The van der Waals surface area contributed by atoms with Gasteiger partial charge in [0.15, 0.2) is 16.7 Å². The first-order valence-electron chi connectivity index (χ1n) is 9.17. The summed E-state index contributed by atoms with van der Waals surface area (Å²) in [5, 5.41) is 7.40. The van der Waals surface area contributed by atoms with Gasteiger partial charge in [0.2, 0.25) is 0 Å². The van der Waals surface area contributed by atoms with Crippen LogP contribution in [0.3, 0.4) is 0 Å². The third kappa shape index (κ3) is 4.95. The van der Waals surface area contributed by atoms with E-state index in [0.717, 1.165) is 32.0 Å². The third-order valence-corrected chi connectivity index (χ3v) is 6.33. The highest BCUT2D eigenvalue weighted by molar-refractivity contribution is 7.16. The first kappa shape index (κ1) is 20.7. The Hall–Kier alpha value is -2.55. The third-order valence-electron chi connectivity index (χ3n) is 4.24. The van der Waals surface area contributed by atoms with Crippen molar-refractivity contribution < 1.29 is 9.13 Å². The van der Waals surface area contributed by atoms with Crippen LogP contribution in [0, 0.1) is 19.7 Å². The maximum absolute atomic E-state index is 13.7. The smallest absolute Gasteiger partial charge is 0.188 e. The molecule has 3 aromatic heterocycles. The predicted octanol–water partition coefficient (Wildman–Crippen LogP) is 6.44. The Bertz CT molecular complexity index is 1160. The van der Waals surface area contributed by atoms with E-state index in [1.807, 2.05) is 31.4 Å². The standard InChI is InChI=1S/C21H18ClFN4OS2/c1-12-20(30-13(2)25-12)17-11-29-21(26-17)27-19-6-3-14(10-24-19)7-8-28-18-5-4-15(22)9-16(18)23/h3-6,9-11H,7-8H2,1-2H3,(H,24,26,27). The van der Waals surface area contributed by atoms with E-state index < -0.39 is 5.82 Å². The van der Waals surface area contributed by atoms with Gasteiger partial charge in [-0.1, -0.05) is 17.7 Å². The number of hydrogen-bond acceptors (Lipinski definition) is 7. The minimum atomic E-state index is -0.466. The van der Waals surface area contributed by atoms with E-state index in [1.165, 1.54) is 23.5 Å². The number of halogens is 2. The molecule has 0 aliphatic carbocycles. The second-order valence-corrected chi connectivity index (χ2v) is 9.03. The van der Waals surface area contributed by atoms with Crippen LogP contribution >= 0.6 is 34.3 Å². The molecular weight excluding hydrogens is 443 g/mol. The van der Waals surface area contributed by atoms with E-state index in [4.69, 9.17) is 16.3 Å². The van der Waals surface area contributed by atoms with Crippen molar-refractivity contribution in [3.05, 3.63) is 69.0 Å². The van der Waals surface area contributed by atoms with E-state index >= 15 is 0 Å². The van der Waals surface area contributed by atoms with Gasteiger partial charge in [0.05, 0.1) is 27.9 Å². The molecule has 5 nitrogen and oxygen atoms in total. The molecule has 0 spiro atoms. The number of anilines is 2. The summed E-state index contributed by atoms with van der Waals surface area (Å²) in [5.41, 5.74) is 2.91. The number of pyridine rings is 1. The number of aryl methyl sites for hydroxylation is 2. The van der Waals surface area contributed by atoms with E-state index in [1.54, 1.807) is 23.6 Å². The molecule has 4 rings (SSSR count). The van der Waals surface area contributed by atoms with E-state index in [2.05, 4.69) is 20.3 Å². The molecule has 0 saturated heterocycles. The lowest BCUT2D eigenvalue weighted by molar-refractivity contribution is 0.305. The highest BCUT2D eigenvalue weighted by Crippen LogP contribution is 2.32. The molecule has 1 aromatic carbocycles. The van der Waals surface area contributed by atoms with Crippen molar-refractivity contribution in [2.45, 2.75) is 20.3 Å². The van der Waals surface area contributed by atoms with Crippen molar-refractivity contribution in [1.82, 2.24) is 15.0 Å². The lowest BCUT2D eigenvalue weighted by Gasteiger charge is -2.08. The Morgan fingerprint density at radius 2 is 2.03 bits per heavy atom. The van der Waals surface area contributed by atoms with Gasteiger partial charge in [0, 0.05) is 23.0 Å². The minimum absolute atomic E-state index is 0.191. The first-order chi connectivity index (χ1) is 14.5. The van der Waals surface area contributed by atoms with Crippen molar-refractivity contribution >= 4 is 45.2 Å². The molecule has 0 aliphatic rings. The topological polar surface area (TPSA) is 59.9 Å². The molecule has 0 atom stereocenters. The molecular formula is C21H18ClFN4OS2. The Kier molecular flexibility index (Phi) is 6.26. The largest absolute Gasteiger partial charge is 0.490 e. The Morgan fingerprint density at radius 1 is 1.17 bits per heavy atom. The number of aromatic nitrogens is 3. The lowest BCUT2D eigenvalue weighted by Crippen LogP contribution is -2.03. The molecule has 3 heterocycles. The van der Waals surface area contributed by atoms with Crippen molar-refractivity contribution in [2.75, 3.05) is 11.9 Å². The van der Waals surface area contributed by atoms with Crippen LogP contribution in [0.2, 0.25) is 5.02 Å². The summed E-state index contributed by atoms with van der Waals surface area (Å²) in [6.45, 7) is 4.34. The van der Waals surface area contributed by atoms with Gasteiger partial charge in [-0.15, -0.1) is 22.7 Å². The number of thiazole rings is 2. The van der Waals surface area contributed by atoms with Crippen molar-refractivity contribution in [1.29, 1.82) is 0 Å². The maximum atomic E-state index is 13.7. The molecule has 0 amide bonds. The molecule has 0 aliphatic heterocycles. The second-order valence-electron chi connectivity index (χ2n) is 6.54. The van der Waals surface area contributed by atoms with Crippen LogP contribution in [0.25, 0.3) is 10.6 Å². The second kappa shape index (κ2) is 9.07. The number of nitrogens with one attached hydrogen (secondary N) is 1. The van der Waals surface area contributed by atoms with Gasteiger partial charge in [0.1, 0.15) is 5.82 Å². The monoisotopic (exact) mass is 460 g/mol. The van der Waals surface area contributed by atoms with Crippen LogP contribution in [-0.4, -0.2) is 21.6 Å². The van der Waals surface area contributed by atoms with Crippen LogP contribution in [0.15, 0.2) is 41.9 Å². The van der Waals surface area contributed by atoms with Gasteiger partial charge < -0.3 is 10.1 Å². The molecule has 154 valence electrons. The average Bonchev–Trinajstić information content (AvgIpc) is 3.30. The van der Waals surface area contributed by atoms with Crippen molar-refractivity contribution in [3.63, 3.8) is 0 Å². The highest BCUT2D eigenvalue weighted by Gasteiger charge is 2.12. The molecule has 0 unspecified atom stereocenters. The molecule has 0 bridgehead atoms. The number of ether oxygens (including phenoxy) is 1. The first-order valence-corrected chi connectivity index (χ1v) is 11.2. The Labute approximate surface area is 186 Å². The predicted molar refractivity (Wildman–Crippen MR) is 121 cm³/mol. The zero-order valence-corrected chi connectivity index (χ0v) is 18.7. The minimum Gasteiger partial charge on any atom is -0.490 e. The number of rotatable bonds is 7. The summed E-state index contributed by atoms with van der Waals surface area (Å²) in [6.07, 6.45) is 2.38. The lowest BCUT2D eigenvalue weighted by atomic mass is 10.2. The maximum Gasteiger partial charge on any atom is 0.188 e. The zero-order chi connectivity index (χ0) is 21.1. The van der Waals surface area contributed by atoms with Gasteiger partial charge >= 0.3 is 0 Å². The number of hydrogen-bond donors (Lipinski definition) is 1. The normalized spacial score (nSPS) is 10.9. The van der Waals surface area contributed by atoms with Gasteiger partial charge in [-0.25, -0.2) is 19.3 Å². The quantitative estimate of drug-likeness (QED) is 0.344. The number of nitrogens with zero attached hydrogens (tertiary/aromatic N) is 3. The van der Waals surface area contributed by atoms with E-state index in [-0.39, 0.29) is 5.75 Å². The average molecular weight is 461 g/mol. The Morgan fingerprint density at radius 3 is 2.73 bits per heavy atom. The molecule has 30 heavy (non-hydrogen) atoms. The highest BCUT2D eigenvalue weighted by atomic mass is 35.5. The van der Waals surface area contributed by atoms with Gasteiger partial charge in [-0.3, -0.25) is 0 Å². The van der Waals surface area contributed by atoms with Crippen LogP contribution in [0.1, 0.15) is 16.3 Å². The number of benzene rings is 1. The van der Waals surface area contributed by atoms with Gasteiger partial charge in [-0.05, 0) is 43.7 Å².